The Kier molecular flexibility index (Phi) is 46.8. The molecule has 1 aliphatic heterocycles. The summed E-state index contributed by atoms with van der Waals surface area (Å²) in [5.74, 6) is -6.45. The van der Waals surface area contributed by atoms with E-state index >= 15 is 0 Å². The SMILES string of the molecule is CCCCCCCCCCCCCCCCCCCCCCOCC(C)(COCCCCCCCCCCCCCCCCCCCCCC)COC1(C(=O)O)CC(OS(=O)(=O)O)C(NC(C)=O)C(C(OS(=O)(=O)O)C(COS(=O)(=O)O)OS(=O)(=O)O)O1. The molecular formula is C60H117NO23S4. The molecule has 1 amide bonds. The van der Waals surface area contributed by atoms with E-state index in [0.717, 1.165) is 58.3 Å². The molecule has 0 aliphatic carbocycles. The smallest absolute Gasteiger partial charge is 0.397 e. The Labute approximate surface area is 530 Å². The fraction of sp³-hybridized carbons (Fsp3) is 0.967. The fourth-order valence-electron chi connectivity index (χ4n) is 11.1. The standard InChI is InChI=1S/C60H117NO23S4/c1-5-7-9-11-13-15-17-19-21-23-25-27-29-31-33-35-37-39-41-43-45-77-49-59(4,50-78-46-44-42-40-38-36-34-32-30-28-26-24-22-20-18-16-14-12-10-8-6-2)51-79-60(58(63)64)47-53(82-86(68,69)70)55(61-52(3)62)57(81-60)56(84-88(74,75)76)54(83-87(71,72)73)48-80-85(65,66)67/h53-57H,5-51H2,1-4H3,(H,61,62)(H,63,64)(H,65,66,67)(H,68,69,70)(H,71,72,73)(H,74,75,76). The van der Waals surface area contributed by atoms with E-state index in [2.05, 4.69) is 31.7 Å². The lowest BCUT2D eigenvalue weighted by Crippen LogP contribution is -2.69. The van der Waals surface area contributed by atoms with Crippen molar-refractivity contribution in [1.29, 1.82) is 0 Å². The van der Waals surface area contributed by atoms with Gasteiger partial charge in [0.15, 0.2) is 0 Å². The first-order valence-electron chi connectivity index (χ1n) is 33.2. The van der Waals surface area contributed by atoms with Crippen LogP contribution in [0, 0.1) is 5.41 Å². The number of unbranched alkanes of at least 4 members (excludes halogenated alkanes) is 38. The fourth-order valence-corrected chi connectivity index (χ4v) is 12.9. The molecule has 88 heavy (non-hydrogen) atoms. The average Bonchev–Trinajstić information content (AvgIpc) is 0.771. The first kappa shape index (κ1) is 84.3. The molecule has 1 rings (SSSR count). The van der Waals surface area contributed by atoms with Crippen LogP contribution in [-0.4, -0.2) is 145 Å². The molecule has 24 nitrogen and oxygen atoms in total. The first-order chi connectivity index (χ1) is 41.6. The Morgan fingerprint density at radius 2 is 0.830 bits per heavy atom. The molecule has 0 saturated carbocycles. The van der Waals surface area contributed by atoms with E-state index in [-0.39, 0.29) is 13.2 Å². The molecule has 28 heteroatoms. The molecule has 0 aromatic heterocycles. The maximum atomic E-state index is 13.5. The predicted octanol–water partition coefficient (Wildman–Crippen LogP) is 13.1. The Morgan fingerprint density at radius 3 is 1.11 bits per heavy atom. The van der Waals surface area contributed by atoms with E-state index in [1.165, 1.54) is 193 Å². The molecule has 6 N–H and O–H groups in total. The van der Waals surface area contributed by atoms with Crippen molar-refractivity contribution >= 4 is 53.5 Å². The zero-order valence-corrected chi connectivity index (χ0v) is 57.1. The molecule has 0 aromatic carbocycles. The van der Waals surface area contributed by atoms with Crippen LogP contribution in [0.2, 0.25) is 0 Å². The van der Waals surface area contributed by atoms with Crippen molar-refractivity contribution < 1.29 is 102 Å². The van der Waals surface area contributed by atoms with Gasteiger partial charge < -0.3 is 29.4 Å². The Bertz CT molecular complexity index is 2200. The van der Waals surface area contributed by atoms with Gasteiger partial charge in [-0.25, -0.2) is 21.5 Å². The molecule has 1 heterocycles. The lowest BCUT2D eigenvalue weighted by Gasteiger charge is -2.48. The third-order valence-electron chi connectivity index (χ3n) is 15.9. The van der Waals surface area contributed by atoms with Gasteiger partial charge in [0, 0.05) is 32.0 Å². The van der Waals surface area contributed by atoms with Crippen LogP contribution >= 0.6 is 0 Å². The number of amides is 1. The largest absolute Gasteiger partial charge is 0.477 e. The van der Waals surface area contributed by atoms with Gasteiger partial charge in [-0.3, -0.25) is 23.0 Å². The number of hydrogen-bond donors (Lipinski definition) is 6. The van der Waals surface area contributed by atoms with Gasteiger partial charge in [0.25, 0.3) is 5.79 Å². The second-order valence-electron chi connectivity index (χ2n) is 24.5. The van der Waals surface area contributed by atoms with Crippen LogP contribution in [0.15, 0.2) is 0 Å². The molecule has 0 bridgehead atoms. The summed E-state index contributed by atoms with van der Waals surface area (Å²) in [6.07, 6.45) is 36.6. The lowest BCUT2D eigenvalue weighted by molar-refractivity contribution is -0.314. The quantitative estimate of drug-likeness (QED) is 0.0243. The second-order valence-corrected chi connectivity index (χ2v) is 28.8. The molecule has 6 atom stereocenters. The summed E-state index contributed by atoms with van der Waals surface area (Å²) in [5.41, 5.74) is -1.24. The van der Waals surface area contributed by atoms with Crippen LogP contribution in [0.25, 0.3) is 0 Å². The Morgan fingerprint density at radius 1 is 0.500 bits per heavy atom. The third kappa shape index (κ3) is 46.3. The van der Waals surface area contributed by atoms with Crippen LogP contribution in [0.5, 0.6) is 0 Å². The van der Waals surface area contributed by atoms with E-state index < -0.39 is 115 Å². The van der Waals surface area contributed by atoms with Gasteiger partial charge in [-0.15, -0.1) is 0 Å². The van der Waals surface area contributed by atoms with Crippen molar-refractivity contribution in [3.05, 3.63) is 0 Å². The number of ether oxygens (including phenoxy) is 4. The predicted molar refractivity (Wildman–Crippen MR) is 336 cm³/mol. The summed E-state index contributed by atoms with van der Waals surface area (Å²) < 4.78 is 178. The van der Waals surface area contributed by atoms with Crippen LogP contribution < -0.4 is 5.32 Å². The first-order valence-corrected chi connectivity index (χ1v) is 38.7. The van der Waals surface area contributed by atoms with Gasteiger partial charge in [0.05, 0.1) is 32.5 Å². The van der Waals surface area contributed by atoms with Gasteiger partial charge in [0.2, 0.25) is 5.91 Å². The molecular weight excluding hydrogens is 1230 g/mol. The van der Waals surface area contributed by atoms with Crippen molar-refractivity contribution in [1.82, 2.24) is 5.32 Å². The van der Waals surface area contributed by atoms with Gasteiger partial charge in [-0.1, -0.05) is 265 Å². The van der Waals surface area contributed by atoms with Crippen LogP contribution in [0.3, 0.4) is 0 Å². The minimum atomic E-state index is -5.94. The monoisotopic (exact) mass is 1350 g/mol. The van der Waals surface area contributed by atoms with Crippen molar-refractivity contribution in [3.63, 3.8) is 0 Å². The van der Waals surface area contributed by atoms with Crippen LogP contribution in [-0.2, 0) is 86.9 Å². The minimum absolute atomic E-state index is 0.101. The number of carboxylic acids is 1. The molecule has 0 aromatic rings. The van der Waals surface area contributed by atoms with Crippen molar-refractivity contribution in [3.8, 4) is 0 Å². The van der Waals surface area contributed by atoms with E-state index in [0.29, 0.717) is 26.1 Å². The van der Waals surface area contributed by atoms with E-state index in [9.17, 15) is 66.6 Å². The second kappa shape index (κ2) is 48.9. The summed E-state index contributed by atoms with van der Waals surface area (Å²) in [7, 11) is -23.0. The highest BCUT2D eigenvalue weighted by Crippen LogP contribution is 2.39. The molecule has 1 saturated heterocycles. The lowest BCUT2D eigenvalue weighted by atomic mass is 9.88. The highest BCUT2D eigenvalue weighted by molar-refractivity contribution is 7.81. The number of aliphatic carboxylic acids is 1. The molecule has 1 aliphatic rings. The number of hydrogen-bond acceptors (Lipinski definition) is 18. The Balaban J connectivity index is 3.10. The average molecular weight is 1350 g/mol. The zero-order chi connectivity index (χ0) is 65.6. The molecule has 0 radical (unpaired) electrons. The summed E-state index contributed by atoms with van der Waals surface area (Å²) >= 11 is 0. The van der Waals surface area contributed by atoms with E-state index in [1.54, 1.807) is 6.92 Å². The molecule has 1 fully saturated rings. The number of rotatable bonds is 62. The normalized spacial score (nSPS) is 18.6. The highest BCUT2D eigenvalue weighted by atomic mass is 32.3. The summed E-state index contributed by atoms with van der Waals surface area (Å²) in [4.78, 5) is 26.1. The minimum Gasteiger partial charge on any atom is -0.477 e. The number of nitrogens with one attached hydrogen (secondary N) is 1. The molecule has 0 spiro atoms. The highest BCUT2D eigenvalue weighted by Gasteiger charge is 2.60. The van der Waals surface area contributed by atoms with Crippen molar-refractivity contribution in [2.45, 2.75) is 327 Å². The maximum Gasteiger partial charge on any atom is 0.397 e. The summed E-state index contributed by atoms with van der Waals surface area (Å²) in [6.45, 7) is 4.87. The van der Waals surface area contributed by atoms with Gasteiger partial charge in [-0.2, -0.15) is 33.7 Å². The maximum absolute atomic E-state index is 13.5. The van der Waals surface area contributed by atoms with Gasteiger partial charge in [-0.05, 0) is 12.8 Å². The Hall–Kier alpha value is -1.74. The summed E-state index contributed by atoms with van der Waals surface area (Å²) in [6, 6.07) is -2.26. The molecule has 6 unspecified atom stereocenters. The number of carbonyl (C=O) groups excluding carboxylic acids is 1. The topological polar surface area (TPSA) is 358 Å². The van der Waals surface area contributed by atoms with Gasteiger partial charge in [0.1, 0.15) is 24.4 Å². The molecule has 524 valence electrons. The van der Waals surface area contributed by atoms with Crippen LogP contribution in [0.4, 0.5) is 0 Å². The van der Waals surface area contributed by atoms with Gasteiger partial charge >= 0.3 is 47.6 Å². The third-order valence-corrected chi connectivity index (χ3v) is 17.8. The van der Waals surface area contributed by atoms with E-state index in [4.69, 9.17) is 23.1 Å². The zero-order valence-electron chi connectivity index (χ0n) is 53.8. The van der Waals surface area contributed by atoms with Crippen molar-refractivity contribution in [2.75, 3.05) is 39.6 Å². The van der Waals surface area contributed by atoms with E-state index in [1.807, 2.05) is 0 Å². The van der Waals surface area contributed by atoms with Crippen molar-refractivity contribution in [2.24, 2.45) is 5.41 Å². The number of carbonyl (C=O) groups is 2. The summed E-state index contributed by atoms with van der Waals surface area (Å²) in [5, 5.41) is 13.0. The number of carboxylic acid groups (broad SMARTS) is 1. The van der Waals surface area contributed by atoms with Crippen LogP contribution in [0.1, 0.15) is 291 Å².